The molecule has 134 valence electrons. The zero-order valence-electron chi connectivity index (χ0n) is 15.0. The molecule has 5 nitrogen and oxygen atoms in total. The minimum atomic E-state index is 0.255. The average Bonchev–Trinajstić information content (AvgIpc) is 2.55. The van der Waals surface area contributed by atoms with Gasteiger partial charge in [0, 0.05) is 32.1 Å². The molecule has 1 amide bonds. The summed E-state index contributed by atoms with van der Waals surface area (Å²) in [5.41, 5.74) is 0. The average molecular weight is 325 g/mol. The van der Waals surface area contributed by atoms with Crippen molar-refractivity contribution in [2.24, 2.45) is 5.92 Å². The second kappa shape index (κ2) is 10.3. The number of hydrogen-bond acceptors (Lipinski definition) is 4. The van der Waals surface area contributed by atoms with E-state index >= 15 is 0 Å². The number of amides is 1. The molecule has 0 saturated carbocycles. The summed E-state index contributed by atoms with van der Waals surface area (Å²) in [6.07, 6.45) is 6.66. The SMILES string of the molecule is CC(C)OCCN1CCC(NC(=O)CCC2CCNCC2)CC1. The van der Waals surface area contributed by atoms with Crippen LogP contribution in [-0.2, 0) is 9.53 Å². The van der Waals surface area contributed by atoms with Crippen LogP contribution in [0.1, 0.15) is 52.4 Å². The molecular weight excluding hydrogens is 290 g/mol. The van der Waals surface area contributed by atoms with Crippen molar-refractivity contribution in [2.45, 2.75) is 64.5 Å². The van der Waals surface area contributed by atoms with Crippen LogP contribution in [0.5, 0.6) is 0 Å². The molecule has 0 aliphatic carbocycles. The van der Waals surface area contributed by atoms with E-state index in [2.05, 4.69) is 29.4 Å². The third-order valence-corrected chi connectivity index (χ3v) is 5.05. The van der Waals surface area contributed by atoms with Gasteiger partial charge in [0.1, 0.15) is 0 Å². The van der Waals surface area contributed by atoms with Gasteiger partial charge in [-0.05, 0) is 65.0 Å². The summed E-state index contributed by atoms with van der Waals surface area (Å²) in [4.78, 5) is 14.6. The Hall–Kier alpha value is -0.650. The molecule has 0 aromatic carbocycles. The first-order valence-electron chi connectivity index (χ1n) is 9.47. The van der Waals surface area contributed by atoms with Gasteiger partial charge in [-0.25, -0.2) is 0 Å². The Morgan fingerprint density at radius 3 is 2.57 bits per heavy atom. The van der Waals surface area contributed by atoms with Crippen LogP contribution in [-0.4, -0.2) is 62.3 Å². The van der Waals surface area contributed by atoms with Crippen molar-refractivity contribution in [2.75, 3.05) is 39.3 Å². The summed E-state index contributed by atoms with van der Waals surface area (Å²) in [6.45, 7) is 10.3. The molecule has 2 aliphatic heterocycles. The Kier molecular flexibility index (Phi) is 8.34. The van der Waals surface area contributed by atoms with Gasteiger partial charge in [-0.3, -0.25) is 4.79 Å². The Morgan fingerprint density at radius 1 is 1.22 bits per heavy atom. The lowest BCUT2D eigenvalue weighted by atomic mass is 9.93. The summed E-state index contributed by atoms with van der Waals surface area (Å²) >= 11 is 0. The van der Waals surface area contributed by atoms with Gasteiger partial charge in [0.2, 0.25) is 5.91 Å². The van der Waals surface area contributed by atoms with Crippen LogP contribution in [0.3, 0.4) is 0 Å². The summed E-state index contributed by atoms with van der Waals surface area (Å²) in [5.74, 6) is 0.995. The molecule has 2 rings (SSSR count). The van der Waals surface area contributed by atoms with Crippen molar-refractivity contribution >= 4 is 5.91 Å². The van der Waals surface area contributed by atoms with E-state index in [9.17, 15) is 4.79 Å². The fourth-order valence-corrected chi connectivity index (χ4v) is 3.52. The minimum Gasteiger partial charge on any atom is -0.377 e. The maximum atomic E-state index is 12.1. The van der Waals surface area contributed by atoms with Crippen LogP contribution in [0.4, 0.5) is 0 Å². The molecule has 5 heteroatoms. The standard InChI is InChI=1S/C18H35N3O2/c1-15(2)23-14-13-21-11-7-17(8-12-21)20-18(22)4-3-16-5-9-19-10-6-16/h15-17,19H,3-14H2,1-2H3,(H,20,22). The highest BCUT2D eigenvalue weighted by Gasteiger charge is 2.21. The van der Waals surface area contributed by atoms with E-state index in [0.29, 0.717) is 18.6 Å². The Morgan fingerprint density at radius 2 is 1.91 bits per heavy atom. The third-order valence-electron chi connectivity index (χ3n) is 5.05. The summed E-state index contributed by atoms with van der Waals surface area (Å²) in [7, 11) is 0. The molecule has 0 atom stereocenters. The van der Waals surface area contributed by atoms with E-state index in [0.717, 1.165) is 64.5 Å². The molecule has 0 unspecified atom stereocenters. The highest BCUT2D eigenvalue weighted by Crippen LogP contribution is 2.18. The van der Waals surface area contributed by atoms with Gasteiger partial charge in [0.15, 0.2) is 0 Å². The van der Waals surface area contributed by atoms with Crippen molar-refractivity contribution < 1.29 is 9.53 Å². The Labute approximate surface area is 141 Å². The highest BCUT2D eigenvalue weighted by molar-refractivity contribution is 5.76. The second-order valence-electron chi connectivity index (χ2n) is 7.34. The van der Waals surface area contributed by atoms with Crippen LogP contribution in [0, 0.1) is 5.92 Å². The molecule has 0 aromatic rings. The first-order valence-corrected chi connectivity index (χ1v) is 9.47. The highest BCUT2D eigenvalue weighted by atomic mass is 16.5. The summed E-state index contributed by atoms with van der Waals surface area (Å²) in [5, 5.41) is 6.62. The van der Waals surface area contributed by atoms with Crippen molar-refractivity contribution in [3.05, 3.63) is 0 Å². The second-order valence-corrected chi connectivity index (χ2v) is 7.34. The number of ether oxygens (including phenoxy) is 1. The first kappa shape index (κ1) is 18.7. The van der Waals surface area contributed by atoms with E-state index in [1.807, 2.05) is 0 Å². The fraction of sp³-hybridized carbons (Fsp3) is 0.944. The van der Waals surface area contributed by atoms with Crippen LogP contribution in [0.15, 0.2) is 0 Å². The maximum Gasteiger partial charge on any atom is 0.220 e. The van der Waals surface area contributed by atoms with E-state index < -0.39 is 0 Å². The molecular formula is C18H35N3O2. The van der Waals surface area contributed by atoms with Gasteiger partial charge in [0.05, 0.1) is 12.7 Å². The van der Waals surface area contributed by atoms with Crippen molar-refractivity contribution in [1.82, 2.24) is 15.5 Å². The largest absolute Gasteiger partial charge is 0.377 e. The van der Waals surface area contributed by atoms with Crippen molar-refractivity contribution in [3.8, 4) is 0 Å². The first-order chi connectivity index (χ1) is 11.1. The van der Waals surface area contributed by atoms with Gasteiger partial charge < -0.3 is 20.3 Å². The van der Waals surface area contributed by atoms with Crippen LogP contribution in [0.25, 0.3) is 0 Å². The van der Waals surface area contributed by atoms with Crippen LogP contribution >= 0.6 is 0 Å². The number of rotatable bonds is 8. The van der Waals surface area contributed by atoms with Gasteiger partial charge in [-0.2, -0.15) is 0 Å². The van der Waals surface area contributed by atoms with Crippen molar-refractivity contribution in [3.63, 3.8) is 0 Å². The zero-order valence-corrected chi connectivity index (χ0v) is 15.0. The van der Waals surface area contributed by atoms with Crippen LogP contribution < -0.4 is 10.6 Å². The van der Waals surface area contributed by atoms with Gasteiger partial charge in [-0.15, -0.1) is 0 Å². The molecule has 2 saturated heterocycles. The van der Waals surface area contributed by atoms with E-state index in [1.165, 1.54) is 12.8 Å². The molecule has 2 N–H and O–H groups in total. The number of nitrogens with one attached hydrogen (secondary N) is 2. The summed E-state index contributed by atoms with van der Waals surface area (Å²) < 4.78 is 5.61. The zero-order chi connectivity index (χ0) is 16.5. The maximum absolute atomic E-state index is 12.1. The molecule has 2 fully saturated rings. The monoisotopic (exact) mass is 325 g/mol. The summed E-state index contributed by atoms with van der Waals surface area (Å²) in [6, 6.07) is 0.373. The van der Waals surface area contributed by atoms with Crippen molar-refractivity contribution in [1.29, 1.82) is 0 Å². The third kappa shape index (κ3) is 7.64. The van der Waals surface area contributed by atoms with Crippen LogP contribution in [0.2, 0.25) is 0 Å². The normalized spacial score (nSPS) is 21.7. The number of piperidine rings is 2. The van der Waals surface area contributed by atoms with E-state index in [1.54, 1.807) is 0 Å². The Bertz CT molecular complexity index is 335. The minimum absolute atomic E-state index is 0.255. The quantitative estimate of drug-likeness (QED) is 0.714. The fourth-order valence-electron chi connectivity index (χ4n) is 3.52. The van der Waals surface area contributed by atoms with E-state index in [4.69, 9.17) is 4.74 Å². The molecule has 0 spiro atoms. The van der Waals surface area contributed by atoms with Gasteiger partial charge >= 0.3 is 0 Å². The van der Waals surface area contributed by atoms with Gasteiger partial charge in [0.25, 0.3) is 0 Å². The topological polar surface area (TPSA) is 53.6 Å². The Balaban J connectivity index is 1.53. The molecule has 0 aromatic heterocycles. The molecule has 2 aliphatic rings. The number of carbonyl (C=O) groups is 1. The number of likely N-dealkylation sites (tertiary alicyclic amines) is 1. The number of nitrogens with zero attached hydrogens (tertiary/aromatic N) is 1. The molecule has 2 heterocycles. The lowest BCUT2D eigenvalue weighted by Crippen LogP contribution is -2.45. The molecule has 0 radical (unpaired) electrons. The van der Waals surface area contributed by atoms with E-state index in [-0.39, 0.29) is 5.91 Å². The molecule has 0 bridgehead atoms. The van der Waals surface area contributed by atoms with Gasteiger partial charge in [-0.1, -0.05) is 0 Å². The number of carbonyl (C=O) groups excluding carboxylic acids is 1. The predicted octanol–water partition coefficient (Wildman–Crippen LogP) is 1.77. The predicted molar refractivity (Wildman–Crippen MR) is 93.5 cm³/mol. The smallest absolute Gasteiger partial charge is 0.220 e. The molecule has 23 heavy (non-hydrogen) atoms. The lowest BCUT2D eigenvalue weighted by Gasteiger charge is -2.32. The lowest BCUT2D eigenvalue weighted by molar-refractivity contribution is -0.122. The number of hydrogen-bond donors (Lipinski definition) is 2.